The standard InChI is InChI=1S/C60H39N3S/c1-3-16-40(17-4-1)41-30-34-45(35-31-41)64(44-18-5-2-6-19-44)58-28-14-13-27-57(58)63-56-37-33-43(39-51(56)49-23-15-29-59(64)60(49)63)62-54-26-12-9-22-48(54)50-38-42(32-36-55(50)62)61-52-24-10-7-20-46(52)47-21-8-11-25-53(47)61/h1-39H. The number of nitrogens with zero attached hydrogens (tertiary/aromatic N) is 3. The predicted octanol–water partition coefficient (Wildman–Crippen LogP) is 16.3. The first kappa shape index (κ1) is 35.5. The Kier molecular flexibility index (Phi) is 7.48. The average molecular weight is 834 g/mol. The van der Waals surface area contributed by atoms with E-state index < -0.39 is 10.0 Å². The van der Waals surface area contributed by atoms with E-state index in [0.29, 0.717) is 0 Å². The third-order valence-electron chi connectivity index (χ3n) is 13.7. The molecular weight excluding hydrogens is 795 g/mol. The third kappa shape index (κ3) is 4.78. The Morgan fingerprint density at radius 1 is 0.266 bits per heavy atom. The van der Waals surface area contributed by atoms with Gasteiger partial charge in [-0.2, -0.15) is 0 Å². The zero-order chi connectivity index (χ0) is 41.9. The van der Waals surface area contributed by atoms with Crippen LogP contribution < -0.4 is 0 Å². The maximum atomic E-state index is 2.55. The van der Waals surface area contributed by atoms with Crippen LogP contribution in [-0.4, -0.2) is 13.7 Å². The third-order valence-corrected chi connectivity index (χ3v) is 17.6. The Bertz CT molecular complexity index is 3950. The quantitative estimate of drug-likeness (QED) is 0.164. The van der Waals surface area contributed by atoms with Crippen molar-refractivity contribution in [2.75, 3.05) is 0 Å². The van der Waals surface area contributed by atoms with Crippen LogP contribution in [0.4, 0.5) is 0 Å². The summed E-state index contributed by atoms with van der Waals surface area (Å²) in [6, 6.07) is 88.1. The van der Waals surface area contributed by atoms with Crippen LogP contribution in [0.15, 0.2) is 256 Å². The minimum atomic E-state index is -1.92. The number of hydrogen-bond donors (Lipinski definition) is 0. The summed E-state index contributed by atoms with van der Waals surface area (Å²) in [5, 5.41) is 7.54. The molecule has 4 heterocycles. The fraction of sp³-hybridized carbons (Fsp3) is 0. The van der Waals surface area contributed by atoms with Crippen LogP contribution in [0.2, 0.25) is 0 Å². The molecule has 0 bridgehead atoms. The molecule has 0 aliphatic carbocycles. The smallest absolute Gasteiger partial charge is 0.0671 e. The second-order valence-electron chi connectivity index (χ2n) is 16.9. The van der Waals surface area contributed by atoms with Crippen molar-refractivity contribution in [1.82, 2.24) is 13.7 Å². The van der Waals surface area contributed by atoms with Crippen molar-refractivity contribution in [2.24, 2.45) is 0 Å². The second kappa shape index (κ2) is 13.5. The highest BCUT2D eigenvalue weighted by Gasteiger charge is 2.41. The lowest BCUT2D eigenvalue weighted by molar-refractivity contribution is 1.06. The summed E-state index contributed by atoms with van der Waals surface area (Å²) < 4.78 is 7.44. The highest BCUT2D eigenvalue weighted by atomic mass is 32.3. The van der Waals surface area contributed by atoms with Gasteiger partial charge in [-0.1, -0.05) is 140 Å². The lowest BCUT2D eigenvalue weighted by Crippen LogP contribution is -2.14. The molecule has 64 heavy (non-hydrogen) atoms. The lowest BCUT2D eigenvalue weighted by Gasteiger charge is -2.46. The van der Waals surface area contributed by atoms with Gasteiger partial charge in [0.1, 0.15) is 0 Å². The molecule has 1 atom stereocenters. The first-order chi connectivity index (χ1) is 31.8. The summed E-state index contributed by atoms with van der Waals surface area (Å²) >= 11 is 0. The number of fused-ring (bicyclic) bond motifs is 11. The maximum Gasteiger partial charge on any atom is 0.0671 e. The molecule has 1 aliphatic heterocycles. The Hall–Kier alpha value is -8.05. The van der Waals surface area contributed by atoms with E-state index in [1.54, 1.807) is 0 Å². The van der Waals surface area contributed by atoms with Gasteiger partial charge in [-0.05, 0) is 108 Å². The van der Waals surface area contributed by atoms with Crippen LogP contribution in [0, 0.1) is 0 Å². The zero-order valence-electron chi connectivity index (χ0n) is 34.8. The van der Waals surface area contributed by atoms with Gasteiger partial charge >= 0.3 is 0 Å². The summed E-state index contributed by atoms with van der Waals surface area (Å²) in [6.07, 6.45) is 0. The largest absolute Gasteiger partial charge is 0.309 e. The van der Waals surface area contributed by atoms with Gasteiger partial charge in [-0.25, -0.2) is 0 Å². The van der Waals surface area contributed by atoms with Crippen LogP contribution in [-0.2, 0) is 0 Å². The Labute approximate surface area is 371 Å². The molecule has 13 aromatic rings. The van der Waals surface area contributed by atoms with Crippen LogP contribution in [0.3, 0.4) is 0 Å². The van der Waals surface area contributed by atoms with Crippen LogP contribution in [0.5, 0.6) is 0 Å². The summed E-state index contributed by atoms with van der Waals surface area (Å²) in [6.45, 7) is 0. The summed E-state index contributed by atoms with van der Waals surface area (Å²) in [7, 11) is -1.92. The molecule has 14 rings (SSSR count). The molecule has 0 N–H and O–H groups in total. The summed E-state index contributed by atoms with van der Waals surface area (Å²) in [5.74, 6) is 0. The SMILES string of the molecule is c1ccc(-c2ccc(S3(c4ccccc4)c4ccccc4-n4c5ccc(-n6c7ccccc7c7cc(-n8c9ccccc9c9ccccc98)ccc76)cc5c5cccc3c54)cc2)cc1. The molecule has 0 saturated heterocycles. The van der Waals surface area contributed by atoms with E-state index in [2.05, 4.69) is 250 Å². The Morgan fingerprint density at radius 3 is 1.34 bits per heavy atom. The van der Waals surface area contributed by atoms with Crippen molar-refractivity contribution < 1.29 is 0 Å². The lowest BCUT2D eigenvalue weighted by atomic mass is 10.1. The van der Waals surface area contributed by atoms with Crippen LogP contribution >= 0.6 is 10.0 Å². The molecule has 300 valence electrons. The molecular formula is C60H39N3S. The molecule has 0 fully saturated rings. The molecule has 4 heteroatoms. The molecule has 10 aromatic carbocycles. The van der Waals surface area contributed by atoms with Gasteiger partial charge in [0.2, 0.25) is 0 Å². The second-order valence-corrected chi connectivity index (χ2v) is 19.9. The molecule has 3 nitrogen and oxygen atoms in total. The average Bonchev–Trinajstić information content (AvgIpc) is 4.01. The monoisotopic (exact) mass is 833 g/mol. The molecule has 0 amide bonds. The molecule has 0 spiro atoms. The number of aromatic nitrogens is 3. The predicted molar refractivity (Wildman–Crippen MR) is 268 cm³/mol. The van der Waals surface area contributed by atoms with Crippen molar-refractivity contribution >= 4 is 75.4 Å². The number of rotatable bonds is 5. The fourth-order valence-electron chi connectivity index (χ4n) is 11.0. The molecule has 1 aliphatic rings. The van der Waals surface area contributed by atoms with Crippen LogP contribution in [0.25, 0.3) is 93.6 Å². The maximum absolute atomic E-state index is 2.55. The van der Waals surface area contributed by atoms with E-state index in [0.717, 1.165) is 11.4 Å². The Morgan fingerprint density at radius 2 is 0.703 bits per heavy atom. The molecule has 0 radical (unpaired) electrons. The molecule has 0 saturated carbocycles. The summed E-state index contributed by atoms with van der Waals surface area (Å²) in [5.41, 5.74) is 13.3. The van der Waals surface area contributed by atoms with Gasteiger partial charge in [0, 0.05) is 63.3 Å². The highest BCUT2D eigenvalue weighted by Crippen LogP contribution is 2.77. The van der Waals surface area contributed by atoms with E-state index >= 15 is 0 Å². The van der Waals surface area contributed by atoms with Gasteiger partial charge < -0.3 is 13.7 Å². The minimum Gasteiger partial charge on any atom is -0.309 e. The van der Waals surface area contributed by atoms with Crippen molar-refractivity contribution in [3.05, 3.63) is 237 Å². The van der Waals surface area contributed by atoms with Crippen molar-refractivity contribution in [3.8, 4) is 28.2 Å². The van der Waals surface area contributed by atoms with E-state index in [4.69, 9.17) is 0 Å². The van der Waals surface area contributed by atoms with Gasteiger partial charge in [-0.3, -0.25) is 0 Å². The minimum absolute atomic E-state index is 1.15. The van der Waals surface area contributed by atoms with Crippen LogP contribution in [0.1, 0.15) is 0 Å². The van der Waals surface area contributed by atoms with Gasteiger partial charge in [0.15, 0.2) is 0 Å². The van der Waals surface area contributed by atoms with E-state index in [1.807, 2.05) is 0 Å². The number of para-hydroxylation sites is 5. The molecule has 1 unspecified atom stereocenters. The first-order valence-corrected chi connectivity index (χ1v) is 23.6. The topological polar surface area (TPSA) is 14.8 Å². The van der Waals surface area contributed by atoms with Gasteiger partial charge in [0.25, 0.3) is 0 Å². The van der Waals surface area contributed by atoms with Gasteiger partial charge in [0.05, 0.1) is 38.8 Å². The normalized spacial score (nSPS) is 15.6. The zero-order valence-corrected chi connectivity index (χ0v) is 35.6. The number of benzene rings is 10. The number of hydrogen-bond acceptors (Lipinski definition) is 0. The van der Waals surface area contributed by atoms with Crippen molar-refractivity contribution in [1.29, 1.82) is 0 Å². The van der Waals surface area contributed by atoms with Gasteiger partial charge in [-0.15, -0.1) is 10.0 Å². The van der Waals surface area contributed by atoms with E-state index in [1.165, 1.54) is 102 Å². The van der Waals surface area contributed by atoms with E-state index in [9.17, 15) is 0 Å². The van der Waals surface area contributed by atoms with E-state index in [-0.39, 0.29) is 0 Å². The highest BCUT2D eigenvalue weighted by molar-refractivity contribution is 8.34. The van der Waals surface area contributed by atoms with Crippen molar-refractivity contribution in [2.45, 2.75) is 19.6 Å². The Balaban J connectivity index is 1.01. The summed E-state index contributed by atoms with van der Waals surface area (Å²) in [4.78, 5) is 5.40. The molecule has 3 aromatic heterocycles. The first-order valence-electron chi connectivity index (χ1n) is 22.0. The van der Waals surface area contributed by atoms with Crippen molar-refractivity contribution in [3.63, 3.8) is 0 Å². The fourth-order valence-corrected chi connectivity index (χ4v) is 15.2.